The quantitative estimate of drug-likeness (QED) is 0.748. The molecule has 0 radical (unpaired) electrons. The van der Waals surface area contributed by atoms with E-state index in [1.807, 2.05) is 18.2 Å². The smallest absolute Gasteiger partial charge is 0.221 e. The van der Waals surface area contributed by atoms with Gasteiger partial charge in [0.05, 0.1) is 6.04 Å². The third kappa shape index (κ3) is 5.23. The van der Waals surface area contributed by atoms with Gasteiger partial charge in [0.15, 0.2) is 0 Å². The lowest BCUT2D eigenvalue weighted by molar-refractivity contribution is -0.121. The highest BCUT2D eigenvalue weighted by Gasteiger charge is 2.12. The molecule has 0 aliphatic rings. The Kier molecular flexibility index (Phi) is 6.53. The van der Waals surface area contributed by atoms with E-state index in [-0.39, 0.29) is 11.9 Å². The minimum Gasteiger partial charge on any atom is -0.349 e. The van der Waals surface area contributed by atoms with Crippen LogP contribution >= 0.6 is 11.8 Å². The van der Waals surface area contributed by atoms with Gasteiger partial charge >= 0.3 is 0 Å². The number of hydrogen-bond acceptors (Lipinski definition) is 2. The average Bonchev–Trinajstić information content (AvgIpc) is 2.54. The van der Waals surface area contributed by atoms with Gasteiger partial charge in [0.1, 0.15) is 0 Å². The van der Waals surface area contributed by atoms with Crippen molar-refractivity contribution in [3.8, 4) is 0 Å². The molecule has 0 fully saturated rings. The van der Waals surface area contributed by atoms with Crippen LogP contribution in [0.25, 0.3) is 0 Å². The lowest BCUT2D eigenvalue weighted by atomic mass is 10.0. The van der Waals surface area contributed by atoms with Crippen LogP contribution in [0.2, 0.25) is 0 Å². The van der Waals surface area contributed by atoms with E-state index < -0.39 is 0 Å². The maximum absolute atomic E-state index is 12.1. The fraction of sp³-hybridized carbons (Fsp3) is 0.316. The van der Waals surface area contributed by atoms with Gasteiger partial charge in [-0.25, -0.2) is 0 Å². The van der Waals surface area contributed by atoms with Crippen LogP contribution in [-0.4, -0.2) is 11.7 Å². The standard InChI is InChI=1S/C19H23NOS/c1-3-18(16-11-9-15(2)10-12-16)20-19(21)13-14-22-17-7-5-4-6-8-17/h4-12,18H,3,13-14H2,1-2H3,(H,20,21). The molecule has 1 unspecified atom stereocenters. The van der Waals surface area contributed by atoms with Gasteiger partial charge in [-0.1, -0.05) is 55.0 Å². The van der Waals surface area contributed by atoms with E-state index in [0.717, 1.165) is 12.2 Å². The van der Waals surface area contributed by atoms with E-state index in [4.69, 9.17) is 0 Å². The van der Waals surface area contributed by atoms with E-state index in [0.29, 0.717) is 6.42 Å². The third-order valence-electron chi connectivity index (χ3n) is 3.56. The van der Waals surface area contributed by atoms with E-state index in [1.165, 1.54) is 16.0 Å². The van der Waals surface area contributed by atoms with E-state index in [1.54, 1.807) is 11.8 Å². The molecule has 2 nitrogen and oxygen atoms in total. The monoisotopic (exact) mass is 313 g/mol. The summed E-state index contributed by atoms with van der Waals surface area (Å²) in [5.41, 5.74) is 2.42. The van der Waals surface area contributed by atoms with Crippen molar-refractivity contribution in [1.82, 2.24) is 5.32 Å². The number of carbonyl (C=O) groups is 1. The van der Waals surface area contributed by atoms with Crippen molar-refractivity contribution in [2.45, 2.75) is 37.6 Å². The molecule has 1 amide bonds. The molecule has 2 aromatic rings. The second-order valence-corrected chi connectivity index (χ2v) is 6.52. The Balaban J connectivity index is 1.81. The van der Waals surface area contributed by atoms with E-state index in [9.17, 15) is 4.79 Å². The highest BCUT2D eigenvalue weighted by Crippen LogP contribution is 2.19. The van der Waals surface area contributed by atoms with E-state index >= 15 is 0 Å². The summed E-state index contributed by atoms with van der Waals surface area (Å²) in [5.74, 6) is 0.927. The largest absolute Gasteiger partial charge is 0.349 e. The van der Waals surface area contributed by atoms with E-state index in [2.05, 4.69) is 55.6 Å². The summed E-state index contributed by atoms with van der Waals surface area (Å²) >= 11 is 1.72. The van der Waals surface area contributed by atoms with Crippen LogP contribution in [0.5, 0.6) is 0 Å². The van der Waals surface area contributed by atoms with Gasteiger partial charge in [0.2, 0.25) is 5.91 Å². The minimum absolute atomic E-state index is 0.106. The number of thioether (sulfide) groups is 1. The van der Waals surface area contributed by atoms with Crippen molar-refractivity contribution in [2.75, 3.05) is 5.75 Å². The SMILES string of the molecule is CCC(NC(=O)CCSc1ccccc1)c1ccc(C)cc1. The predicted molar refractivity (Wildman–Crippen MR) is 94.1 cm³/mol. The number of nitrogens with one attached hydrogen (secondary N) is 1. The van der Waals surface area contributed by atoms with Gasteiger partial charge in [0, 0.05) is 17.1 Å². The topological polar surface area (TPSA) is 29.1 Å². The summed E-state index contributed by atoms with van der Waals surface area (Å²) < 4.78 is 0. The average molecular weight is 313 g/mol. The second kappa shape index (κ2) is 8.64. The summed E-state index contributed by atoms with van der Waals surface area (Å²) in [6.45, 7) is 4.17. The van der Waals surface area contributed by atoms with Crippen molar-refractivity contribution >= 4 is 17.7 Å². The lowest BCUT2D eigenvalue weighted by Crippen LogP contribution is -2.28. The number of carbonyl (C=O) groups excluding carboxylic acids is 1. The van der Waals surface area contributed by atoms with Crippen molar-refractivity contribution in [3.63, 3.8) is 0 Å². The maximum atomic E-state index is 12.1. The molecule has 1 N–H and O–H groups in total. The molecule has 116 valence electrons. The number of amides is 1. The molecule has 0 saturated heterocycles. The van der Waals surface area contributed by atoms with Crippen LogP contribution in [0.3, 0.4) is 0 Å². The number of aryl methyl sites for hydroxylation is 1. The molecule has 0 aliphatic heterocycles. The number of benzene rings is 2. The molecular weight excluding hydrogens is 290 g/mol. The van der Waals surface area contributed by atoms with Crippen LogP contribution in [0, 0.1) is 6.92 Å². The number of rotatable bonds is 7. The summed E-state index contributed by atoms with van der Waals surface area (Å²) in [7, 11) is 0. The second-order valence-electron chi connectivity index (χ2n) is 5.35. The number of hydrogen-bond donors (Lipinski definition) is 1. The fourth-order valence-corrected chi connectivity index (χ4v) is 3.14. The molecule has 0 heterocycles. The van der Waals surface area contributed by atoms with Crippen molar-refractivity contribution in [3.05, 3.63) is 65.7 Å². The zero-order valence-corrected chi connectivity index (χ0v) is 14.0. The molecule has 0 spiro atoms. The Morgan fingerprint density at radius 2 is 1.77 bits per heavy atom. The van der Waals surface area contributed by atoms with Crippen LogP contribution < -0.4 is 5.32 Å². The maximum Gasteiger partial charge on any atom is 0.221 e. The summed E-state index contributed by atoms with van der Waals surface area (Å²) in [4.78, 5) is 13.3. The Hall–Kier alpha value is -1.74. The van der Waals surface area contributed by atoms with Gasteiger partial charge in [-0.2, -0.15) is 0 Å². The molecule has 0 aliphatic carbocycles. The van der Waals surface area contributed by atoms with Gasteiger partial charge < -0.3 is 5.32 Å². The Morgan fingerprint density at radius 1 is 1.09 bits per heavy atom. The Bertz CT molecular complexity index is 580. The Labute approximate surface area is 137 Å². The van der Waals surface area contributed by atoms with Gasteiger partial charge in [-0.15, -0.1) is 11.8 Å². The first-order chi connectivity index (χ1) is 10.7. The third-order valence-corrected chi connectivity index (χ3v) is 4.58. The molecular formula is C19H23NOS. The first-order valence-corrected chi connectivity index (χ1v) is 8.71. The van der Waals surface area contributed by atoms with Crippen LogP contribution in [0.4, 0.5) is 0 Å². The van der Waals surface area contributed by atoms with Gasteiger partial charge in [0.25, 0.3) is 0 Å². The van der Waals surface area contributed by atoms with Crippen molar-refractivity contribution < 1.29 is 4.79 Å². The lowest BCUT2D eigenvalue weighted by Gasteiger charge is -2.17. The molecule has 2 aromatic carbocycles. The molecule has 22 heavy (non-hydrogen) atoms. The van der Waals surface area contributed by atoms with Crippen LogP contribution in [0.15, 0.2) is 59.5 Å². The highest BCUT2D eigenvalue weighted by molar-refractivity contribution is 7.99. The van der Waals surface area contributed by atoms with Crippen LogP contribution in [0.1, 0.15) is 36.9 Å². The summed E-state index contributed by atoms with van der Waals surface area (Å²) in [5, 5.41) is 3.14. The zero-order valence-electron chi connectivity index (χ0n) is 13.2. The molecule has 0 saturated carbocycles. The van der Waals surface area contributed by atoms with Crippen LogP contribution in [-0.2, 0) is 4.79 Å². The normalized spacial score (nSPS) is 11.9. The van der Waals surface area contributed by atoms with Gasteiger partial charge in [-0.3, -0.25) is 4.79 Å². The molecule has 0 bridgehead atoms. The molecule has 3 heteroatoms. The zero-order chi connectivity index (χ0) is 15.8. The Morgan fingerprint density at radius 3 is 2.41 bits per heavy atom. The highest BCUT2D eigenvalue weighted by atomic mass is 32.2. The predicted octanol–water partition coefficient (Wildman–Crippen LogP) is 4.74. The summed E-state index contributed by atoms with van der Waals surface area (Å²) in [6, 6.07) is 18.7. The molecule has 1 atom stereocenters. The first kappa shape index (κ1) is 16.6. The summed E-state index contributed by atoms with van der Waals surface area (Å²) in [6.07, 6.45) is 1.45. The molecule has 0 aromatic heterocycles. The van der Waals surface area contributed by atoms with Gasteiger partial charge in [-0.05, 0) is 31.0 Å². The minimum atomic E-state index is 0.106. The van der Waals surface area contributed by atoms with Crippen molar-refractivity contribution in [1.29, 1.82) is 0 Å². The fourth-order valence-electron chi connectivity index (χ4n) is 2.26. The first-order valence-electron chi connectivity index (χ1n) is 7.73. The molecule has 2 rings (SSSR count). The van der Waals surface area contributed by atoms with Crippen molar-refractivity contribution in [2.24, 2.45) is 0 Å².